The van der Waals surface area contributed by atoms with Crippen molar-refractivity contribution in [2.45, 2.75) is 51.7 Å². The van der Waals surface area contributed by atoms with Crippen molar-refractivity contribution in [2.75, 3.05) is 83.6 Å². The number of ether oxygens (including phenoxy) is 5. The molecule has 2 aliphatic heterocycles. The number of methoxy groups -OCH3 is 2. The summed E-state index contributed by atoms with van der Waals surface area (Å²) in [5.41, 5.74) is 11.7. The van der Waals surface area contributed by atoms with Gasteiger partial charge in [-0.15, -0.1) is 0 Å². The highest BCUT2D eigenvalue weighted by Gasteiger charge is 2.25. The number of carbonyl (C=O) groups is 2. The van der Waals surface area contributed by atoms with Gasteiger partial charge in [-0.25, -0.2) is 19.9 Å². The number of nitrogens with two attached hydrogens (primary N) is 1. The quantitative estimate of drug-likeness (QED) is 0.0760. The number of nitrogen functional groups attached to an aromatic ring is 1. The second-order valence-corrected chi connectivity index (χ2v) is 17.6. The van der Waals surface area contributed by atoms with Crippen molar-refractivity contribution in [1.29, 1.82) is 0 Å². The fraction of sp³-hybridized carbons (Fsp3) is 0.353. The summed E-state index contributed by atoms with van der Waals surface area (Å²) in [5.74, 6) is 3.30. The van der Waals surface area contributed by atoms with Crippen LogP contribution in [0.4, 0.5) is 23.4 Å². The molecule has 0 bridgehead atoms. The third kappa shape index (κ3) is 10.5. The van der Waals surface area contributed by atoms with Crippen molar-refractivity contribution >= 4 is 68.3 Å². The monoisotopic (exact) mass is 992 g/mol. The Kier molecular flexibility index (Phi) is 14.2. The van der Waals surface area contributed by atoms with Gasteiger partial charge in [0.25, 0.3) is 11.8 Å². The molecule has 1 saturated heterocycles. The van der Waals surface area contributed by atoms with Crippen LogP contribution in [0.1, 0.15) is 58.7 Å². The standard InChI is InChI=1S/C28H28N6O4.C23H28N8O4/c1-15-31-21-10-8-16(12-23(21)37-15)19-14-30-25-24(19)27(38-18-6-4-5-7-18)34-28(33-25)32-20-11-9-17(26(35)29-2)13-22(20)36-3;1-33-19-17(35-10-2-6-30-8-11-34-12-9-30)4-3-16-18(19)28-23(31-7-5-25-20(16)31)29-21(32)15-13-26-22(24)27-14-15/h8-14,18H,4-7H2,1-3H3,(H,29,35)(H2,30,32,33,34);3-4,13-14,25H,2,5-12H2,1H3,(H2,24,26,27). The Morgan fingerprint density at radius 3 is 2.53 bits per heavy atom. The predicted molar refractivity (Wildman–Crippen MR) is 273 cm³/mol. The predicted octanol–water partition coefficient (Wildman–Crippen LogP) is 6.19. The second-order valence-electron chi connectivity index (χ2n) is 17.6. The first-order valence-corrected chi connectivity index (χ1v) is 24.2. The van der Waals surface area contributed by atoms with E-state index < -0.39 is 5.91 Å². The smallest absolute Gasteiger partial charge is 0.283 e. The van der Waals surface area contributed by atoms with E-state index in [9.17, 15) is 9.59 Å². The highest BCUT2D eigenvalue weighted by atomic mass is 16.5. The number of hydrogen-bond acceptors (Lipinski definition) is 18. The van der Waals surface area contributed by atoms with Gasteiger partial charge in [-0.2, -0.15) is 15.0 Å². The SMILES string of the molecule is CNC(=O)c1ccc(Nc2nc(OC3CCCC3)c3c(-c4ccc5nc(C)oc5c4)c[nH]c3n2)c(OC)c1.COc1c(OCCCN2CCOCC2)ccc2c3n(c(=NC(=O)c4cnc(N)nc4)nc12)CCN3. The Bertz CT molecular complexity index is 3380. The van der Waals surface area contributed by atoms with E-state index in [2.05, 4.69) is 45.8 Å². The van der Waals surface area contributed by atoms with Crippen LogP contribution < -0.4 is 46.2 Å². The van der Waals surface area contributed by atoms with E-state index in [-0.39, 0.29) is 29.1 Å². The normalized spacial score (nSPS) is 14.9. The lowest BCUT2D eigenvalue weighted by molar-refractivity contribution is 0.0357. The summed E-state index contributed by atoms with van der Waals surface area (Å²) in [6.07, 6.45) is 9.86. The van der Waals surface area contributed by atoms with Crippen molar-refractivity contribution in [2.24, 2.45) is 4.99 Å². The molecule has 73 heavy (non-hydrogen) atoms. The Hall–Kier alpha value is -8.37. The Morgan fingerprint density at radius 1 is 0.932 bits per heavy atom. The molecule has 7 heterocycles. The highest BCUT2D eigenvalue weighted by Crippen LogP contribution is 2.40. The van der Waals surface area contributed by atoms with Gasteiger partial charge in [0.05, 0.1) is 50.7 Å². The zero-order valence-corrected chi connectivity index (χ0v) is 41.0. The fourth-order valence-corrected chi connectivity index (χ4v) is 9.19. The van der Waals surface area contributed by atoms with Gasteiger partial charge >= 0.3 is 0 Å². The summed E-state index contributed by atoms with van der Waals surface area (Å²) in [6.45, 7) is 8.12. The number of carbonyl (C=O) groups excluding carboxylic acids is 2. The molecule has 8 aromatic rings. The molecule has 3 aromatic carbocycles. The van der Waals surface area contributed by atoms with Crippen LogP contribution in [0.2, 0.25) is 0 Å². The lowest BCUT2D eigenvalue weighted by Gasteiger charge is -2.26. The highest BCUT2D eigenvalue weighted by molar-refractivity contribution is 6.00. The molecule has 0 radical (unpaired) electrons. The fourth-order valence-electron chi connectivity index (χ4n) is 9.19. The van der Waals surface area contributed by atoms with Crippen molar-refractivity contribution in [3.8, 4) is 34.3 Å². The van der Waals surface area contributed by atoms with E-state index in [0.29, 0.717) is 77.1 Å². The number of oxazole rings is 1. The van der Waals surface area contributed by atoms with E-state index in [1.54, 1.807) is 39.5 Å². The molecule has 6 N–H and O–H groups in total. The maximum absolute atomic E-state index is 12.8. The number of anilines is 4. The molecule has 2 fully saturated rings. The molecular weight excluding hydrogens is 937 g/mol. The number of aromatic amines is 1. The van der Waals surface area contributed by atoms with Crippen LogP contribution in [0.3, 0.4) is 0 Å². The van der Waals surface area contributed by atoms with E-state index in [1.807, 2.05) is 48.0 Å². The van der Waals surface area contributed by atoms with Gasteiger partial charge in [0.1, 0.15) is 34.4 Å². The summed E-state index contributed by atoms with van der Waals surface area (Å²) in [6, 6.07) is 14.9. The zero-order valence-electron chi connectivity index (χ0n) is 41.0. The molecule has 11 rings (SSSR count). The van der Waals surface area contributed by atoms with Crippen LogP contribution in [0.5, 0.6) is 23.1 Å². The van der Waals surface area contributed by atoms with Crippen LogP contribution in [0.15, 0.2) is 76.5 Å². The number of morpholine rings is 1. The van der Waals surface area contributed by atoms with Gasteiger partial charge in [-0.05, 0) is 80.1 Å². The van der Waals surface area contributed by atoms with E-state index >= 15 is 0 Å². The van der Waals surface area contributed by atoms with Crippen LogP contribution in [-0.4, -0.2) is 130 Å². The number of aromatic nitrogens is 8. The molecule has 0 unspecified atom stereocenters. The molecule has 0 atom stereocenters. The number of amides is 2. The van der Waals surface area contributed by atoms with Gasteiger partial charge in [0.2, 0.25) is 23.4 Å². The lowest BCUT2D eigenvalue weighted by atomic mass is 10.1. The summed E-state index contributed by atoms with van der Waals surface area (Å²) in [7, 11) is 4.72. The van der Waals surface area contributed by atoms with E-state index in [4.69, 9.17) is 48.8 Å². The minimum Gasteiger partial charge on any atom is -0.495 e. The number of benzene rings is 3. The van der Waals surface area contributed by atoms with Gasteiger partial charge < -0.3 is 54.8 Å². The number of hydrogen-bond donors (Lipinski definition) is 5. The summed E-state index contributed by atoms with van der Waals surface area (Å²) < 4.78 is 36.8. The summed E-state index contributed by atoms with van der Waals surface area (Å²) in [4.78, 5) is 61.1. The number of nitrogens with zero attached hydrogens (tertiary/aromatic N) is 9. The summed E-state index contributed by atoms with van der Waals surface area (Å²) >= 11 is 0. The van der Waals surface area contributed by atoms with Crippen molar-refractivity contribution in [1.82, 2.24) is 49.7 Å². The van der Waals surface area contributed by atoms with Crippen molar-refractivity contribution < 1.29 is 37.7 Å². The van der Waals surface area contributed by atoms with E-state index in [1.165, 1.54) is 12.4 Å². The van der Waals surface area contributed by atoms with Gasteiger partial charge in [-0.1, -0.05) is 6.07 Å². The number of aryl methyl sites for hydroxylation is 1. The molecule has 2 amide bonds. The Morgan fingerprint density at radius 2 is 1.75 bits per heavy atom. The van der Waals surface area contributed by atoms with Crippen LogP contribution in [-0.2, 0) is 11.3 Å². The summed E-state index contributed by atoms with van der Waals surface area (Å²) in [5, 5.41) is 10.9. The van der Waals surface area contributed by atoms with Crippen LogP contribution in [0.25, 0.3) is 44.2 Å². The Labute approximate surface area is 418 Å². The molecule has 5 aromatic heterocycles. The Balaban J connectivity index is 0.000000168. The first-order chi connectivity index (χ1) is 35.7. The van der Waals surface area contributed by atoms with Gasteiger partial charge in [-0.3, -0.25) is 19.1 Å². The first kappa shape index (κ1) is 48.3. The van der Waals surface area contributed by atoms with Crippen molar-refractivity contribution in [3.05, 3.63) is 89.8 Å². The second kappa shape index (κ2) is 21.5. The number of rotatable bonds is 14. The van der Waals surface area contributed by atoms with Gasteiger partial charge in [0, 0.05) is 81.8 Å². The van der Waals surface area contributed by atoms with Gasteiger partial charge in [0.15, 0.2) is 23.0 Å². The maximum atomic E-state index is 12.8. The van der Waals surface area contributed by atoms with Crippen LogP contribution in [0, 0.1) is 6.92 Å². The molecule has 0 spiro atoms. The van der Waals surface area contributed by atoms with E-state index in [0.717, 1.165) is 104 Å². The lowest BCUT2D eigenvalue weighted by Crippen LogP contribution is -2.37. The molecule has 22 nitrogen and oxygen atoms in total. The molecular formula is C51H56N14O8. The number of nitrogens with one attached hydrogen (secondary N) is 4. The zero-order chi connectivity index (χ0) is 50.4. The molecule has 1 aliphatic carbocycles. The first-order valence-electron chi connectivity index (χ1n) is 24.2. The third-order valence-corrected chi connectivity index (χ3v) is 12.8. The maximum Gasteiger partial charge on any atom is 0.283 e. The largest absolute Gasteiger partial charge is 0.495 e. The average molecular weight is 993 g/mol. The molecule has 378 valence electrons. The average Bonchev–Trinajstić information content (AvgIpc) is 4.26. The van der Waals surface area contributed by atoms with Crippen molar-refractivity contribution in [3.63, 3.8) is 0 Å². The topological polar surface area (TPSA) is 269 Å². The minimum absolute atomic E-state index is 0.0899. The molecule has 22 heteroatoms. The molecule has 3 aliphatic rings. The van der Waals surface area contributed by atoms with Crippen LogP contribution >= 0.6 is 0 Å². The third-order valence-electron chi connectivity index (χ3n) is 12.8. The number of H-pyrrole nitrogens is 1. The molecule has 1 saturated carbocycles. The number of fused-ring (bicyclic) bond motifs is 5. The minimum atomic E-state index is -0.507.